The number of amides is 1. The van der Waals surface area contributed by atoms with Crippen LogP contribution >= 0.6 is 12.4 Å². The van der Waals surface area contributed by atoms with E-state index in [0.717, 1.165) is 5.56 Å². The van der Waals surface area contributed by atoms with E-state index in [-0.39, 0.29) is 24.1 Å². The molecule has 1 aliphatic heterocycles. The van der Waals surface area contributed by atoms with Crippen LogP contribution in [-0.2, 0) is 0 Å². The van der Waals surface area contributed by atoms with Crippen molar-refractivity contribution in [1.29, 1.82) is 0 Å². The van der Waals surface area contributed by atoms with Gasteiger partial charge in [0.05, 0.1) is 19.6 Å². The highest BCUT2D eigenvalue weighted by atomic mass is 35.5. The van der Waals surface area contributed by atoms with Crippen LogP contribution in [0, 0.1) is 5.92 Å². The van der Waals surface area contributed by atoms with Gasteiger partial charge in [-0.15, -0.1) is 12.4 Å². The summed E-state index contributed by atoms with van der Waals surface area (Å²) >= 11 is 0. The Morgan fingerprint density at radius 3 is 2.46 bits per heavy atom. The van der Waals surface area contributed by atoms with Crippen molar-refractivity contribution in [3.05, 3.63) is 65.2 Å². The van der Waals surface area contributed by atoms with Gasteiger partial charge >= 0.3 is 0 Å². The van der Waals surface area contributed by atoms with Crippen molar-refractivity contribution in [2.45, 2.75) is 0 Å². The van der Waals surface area contributed by atoms with Crippen molar-refractivity contribution in [1.82, 2.24) is 5.32 Å². The lowest BCUT2D eigenvalue weighted by Crippen LogP contribution is -2.39. The van der Waals surface area contributed by atoms with E-state index in [0.29, 0.717) is 35.8 Å². The number of nitrogens with one attached hydrogen (secondary N) is 1. The van der Waals surface area contributed by atoms with Gasteiger partial charge in [0.25, 0.3) is 0 Å². The zero-order valence-corrected chi connectivity index (χ0v) is 15.1. The van der Waals surface area contributed by atoms with Gasteiger partial charge in [-0.3, -0.25) is 14.6 Å². The number of hydrogen-bond donors (Lipinski definition) is 2. The van der Waals surface area contributed by atoms with Crippen molar-refractivity contribution in [2.75, 3.05) is 20.2 Å². The summed E-state index contributed by atoms with van der Waals surface area (Å²) in [5, 5.41) is 3.20. The van der Waals surface area contributed by atoms with Gasteiger partial charge in [-0.1, -0.05) is 24.3 Å². The molecular weight excluding hydrogens is 354 g/mol. The van der Waals surface area contributed by atoms with Crippen LogP contribution in [0.15, 0.2) is 53.5 Å². The molecule has 0 fully saturated rings. The molecule has 2 aromatic carbocycles. The first-order valence-corrected chi connectivity index (χ1v) is 7.95. The van der Waals surface area contributed by atoms with Crippen LogP contribution in [0.5, 0.6) is 5.75 Å². The van der Waals surface area contributed by atoms with Crippen LogP contribution in [0.1, 0.15) is 26.3 Å². The molecule has 0 bridgehead atoms. The lowest BCUT2D eigenvalue weighted by atomic mass is 9.96. The molecule has 3 N–H and O–H groups in total. The monoisotopic (exact) mass is 373 g/mol. The Balaban J connectivity index is 0.00000243. The zero-order valence-electron chi connectivity index (χ0n) is 14.3. The van der Waals surface area contributed by atoms with Gasteiger partial charge in [0.2, 0.25) is 5.91 Å². The second kappa shape index (κ2) is 8.49. The molecule has 3 rings (SSSR count). The van der Waals surface area contributed by atoms with Crippen molar-refractivity contribution < 1.29 is 14.3 Å². The SMILES string of the molecule is COc1cccc(C(=O)C2CN=C(c3ccc(C(N)=O)cc3)NC2)c1.Cl. The summed E-state index contributed by atoms with van der Waals surface area (Å²) in [5.41, 5.74) is 7.17. The number of amidine groups is 1. The molecule has 1 aliphatic rings. The van der Waals surface area contributed by atoms with Crippen LogP contribution in [0.4, 0.5) is 0 Å². The number of carbonyl (C=O) groups is 2. The first kappa shape index (κ1) is 19.5. The molecule has 6 nitrogen and oxygen atoms in total. The Morgan fingerprint density at radius 1 is 1.15 bits per heavy atom. The number of ether oxygens (including phenoxy) is 1. The largest absolute Gasteiger partial charge is 0.497 e. The van der Waals surface area contributed by atoms with Crippen LogP contribution < -0.4 is 15.8 Å². The normalized spacial score (nSPS) is 15.9. The third-order valence-corrected chi connectivity index (χ3v) is 4.15. The molecule has 1 unspecified atom stereocenters. The molecule has 7 heteroatoms. The van der Waals surface area contributed by atoms with E-state index in [9.17, 15) is 9.59 Å². The molecule has 0 aromatic heterocycles. The van der Waals surface area contributed by atoms with Crippen molar-refractivity contribution in [3.8, 4) is 5.75 Å². The lowest BCUT2D eigenvalue weighted by Gasteiger charge is -2.22. The van der Waals surface area contributed by atoms with E-state index in [2.05, 4.69) is 10.3 Å². The summed E-state index contributed by atoms with van der Waals surface area (Å²) in [4.78, 5) is 28.2. The molecule has 2 aromatic rings. The molecular formula is C19H20ClN3O3. The highest BCUT2D eigenvalue weighted by molar-refractivity contribution is 6.03. The molecule has 0 saturated carbocycles. The number of nitrogens with zero attached hydrogens (tertiary/aromatic N) is 1. The fourth-order valence-corrected chi connectivity index (χ4v) is 2.72. The molecule has 0 aliphatic carbocycles. The van der Waals surface area contributed by atoms with E-state index in [1.54, 1.807) is 49.6 Å². The highest BCUT2D eigenvalue weighted by Crippen LogP contribution is 2.18. The number of nitrogens with two attached hydrogens (primary N) is 1. The van der Waals surface area contributed by atoms with Gasteiger partial charge in [0.1, 0.15) is 11.6 Å². The Labute approximate surface area is 157 Å². The maximum absolute atomic E-state index is 12.6. The summed E-state index contributed by atoms with van der Waals surface area (Å²) < 4.78 is 5.17. The van der Waals surface area contributed by atoms with Gasteiger partial charge < -0.3 is 15.8 Å². The zero-order chi connectivity index (χ0) is 17.8. The van der Waals surface area contributed by atoms with Crippen LogP contribution in [-0.4, -0.2) is 37.7 Å². The Bertz CT molecular complexity index is 834. The summed E-state index contributed by atoms with van der Waals surface area (Å²) in [7, 11) is 1.58. The number of primary amides is 1. The molecule has 0 radical (unpaired) electrons. The third-order valence-electron chi connectivity index (χ3n) is 4.15. The number of aliphatic imine (C=N–C) groups is 1. The van der Waals surface area contributed by atoms with E-state index < -0.39 is 5.91 Å². The Morgan fingerprint density at radius 2 is 1.88 bits per heavy atom. The molecule has 136 valence electrons. The minimum atomic E-state index is -0.464. The highest BCUT2D eigenvalue weighted by Gasteiger charge is 2.24. The van der Waals surface area contributed by atoms with Crippen LogP contribution in [0.25, 0.3) is 0 Å². The van der Waals surface area contributed by atoms with Crippen LogP contribution in [0.2, 0.25) is 0 Å². The number of ketones is 1. The van der Waals surface area contributed by atoms with Crippen LogP contribution in [0.3, 0.4) is 0 Å². The second-order valence-corrected chi connectivity index (χ2v) is 5.80. The average molecular weight is 374 g/mol. The molecule has 26 heavy (non-hydrogen) atoms. The van der Waals surface area contributed by atoms with E-state index in [1.165, 1.54) is 0 Å². The Hall–Kier alpha value is -2.86. The van der Waals surface area contributed by atoms with Gasteiger partial charge in [-0.2, -0.15) is 0 Å². The smallest absolute Gasteiger partial charge is 0.248 e. The summed E-state index contributed by atoms with van der Waals surface area (Å²) in [6.45, 7) is 0.919. The van der Waals surface area contributed by atoms with Gasteiger partial charge in [0.15, 0.2) is 5.78 Å². The van der Waals surface area contributed by atoms with Gasteiger partial charge in [-0.25, -0.2) is 0 Å². The second-order valence-electron chi connectivity index (χ2n) is 5.80. The summed E-state index contributed by atoms with van der Waals surface area (Å²) in [6.07, 6.45) is 0. The number of benzene rings is 2. The number of rotatable bonds is 5. The number of hydrogen-bond acceptors (Lipinski definition) is 5. The minimum Gasteiger partial charge on any atom is -0.497 e. The number of carbonyl (C=O) groups excluding carboxylic acids is 2. The van der Waals surface area contributed by atoms with Gasteiger partial charge in [-0.05, 0) is 24.3 Å². The summed E-state index contributed by atoms with van der Waals surface area (Å²) in [6, 6.07) is 14.0. The number of halogens is 1. The molecule has 0 saturated heterocycles. The third kappa shape index (κ3) is 4.21. The predicted molar refractivity (Wildman–Crippen MR) is 102 cm³/mol. The quantitative estimate of drug-likeness (QED) is 0.784. The van der Waals surface area contributed by atoms with Crippen molar-refractivity contribution >= 4 is 29.9 Å². The van der Waals surface area contributed by atoms with E-state index in [1.807, 2.05) is 6.07 Å². The fourth-order valence-electron chi connectivity index (χ4n) is 2.72. The van der Waals surface area contributed by atoms with E-state index in [4.69, 9.17) is 10.5 Å². The van der Waals surface area contributed by atoms with Crippen molar-refractivity contribution in [3.63, 3.8) is 0 Å². The standard InChI is InChI=1S/C19H19N3O3.ClH/c1-25-16-4-2-3-14(9-16)17(23)15-10-21-19(22-11-15)13-7-5-12(6-8-13)18(20)24;/h2-9,15H,10-11H2,1H3,(H2,20,24)(H,21,22);1H. The maximum Gasteiger partial charge on any atom is 0.248 e. The average Bonchev–Trinajstić information content (AvgIpc) is 2.67. The Kier molecular flexibility index (Phi) is 6.36. The predicted octanol–water partition coefficient (Wildman–Crippen LogP) is 2.06. The molecule has 0 spiro atoms. The fraction of sp³-hybridized carbons (Fsp3) is 0.211. The minimum absolute atomic E-state index is 0. The van der Waals surface area contributed by atoms with Crippen molar-refractivity contribution in [2.24, 2.45) is 16.6 Å². The first-order valence-electron chi connectivity index (χ1n) is 7.95. The van der Waals surface area contributed by atoms with Gasteiger partial charge in [0, 0.05) is 23.2 Å². The molecule has 1 amide bonds. The lowest BCUT2D eigenvalue weighted by molar-refractivity contribution is 0.0922. The number of methoxy groups -OCH3 is 1. The maximum atomic E-state index is 12.6. The summed E-state index contributed by atoms with van der Waals surface area (Å²) in [5.74, 6) is 0.729. The molecule has 1 heterocycles. The number of Topliss-reactive ketones (excluding diaryl/α,β-unsaturated/α-hetero) is 1. The molecule has 1 atom stereocenters. The first-order chi connectivity index (χ1) is 12.1. The van der Waals surface area contributed by atoms with E-state index >= 15 is 0 Å². The topological polar surface area (TPSA) is 93.8 Å².